The first kappa shape index (κ1) is 7.24. The number of rotatable bonds is 1. The van der Waals surface area contributed by atoms with Gasteiger partial charge in [0, 0.05) is 6.61 Å². The van der Waals surface area contributed by atoms with E-state index in [1.807, 2.05) is 0 Å². The molecule has 0 spiro atoms. The van der Waals surface area contributed by atoms with Crippen molar-refractivity contribution in [2.75, 3.05) is 6.61 Å². The quantitative estimate of drug-likeness (QED) is 0.513. The molecule has 1 aliphatic rings. The largest absolute Gasteiger partial charge is 0.427 e. The highest BCUT2D eigenvalue weighted by atomic mass is 29.2. The van der Waals surface area contributed by atoms with Gasteiger partial charge in [-0.1, -0.05) is 12.6 Å². The van der Waals surface area contributed by atoms with Crippen molar-refractivity contribution in [2.45, 2.75) is 19.0 Å². The van der Waals surface area contributed by atoms with Gasteiger partial charge < -0.3 is 4.43 Å². The van der Waals surface area contributed by atoms with Gasteiger partial charge in [-0.05, 0) is 6.42 Å². The fourth-order valence-corrected chi connectivity index (χ4v) is 6.72. The van der Waals surface area contributed by atoms with Crippen molar-refractivity contribution in [1.82, 2.24) is 0 Å². The zero-order chi connectivity index (χ0) is 6.74. The van der Waals surface area contributed by atoms with Crippen LogP contribution in [0.25, 0.3) is 0 Å². The van der Waals surface area contributed by atoms with E-state index >= 15 is 0 Å². The molecule has 1 saturated heterocycles. The number of hydrogen-bond donors (Lipinski definition) is 0. The molecule has 0 amide bonds. The van der Waals surface area contributed by atoms with Crippen molar-refractivity contribution in [1.29, 1.82) is 0 Å². The predicted molar refractivity (Wildman–Crippen MR) is 45.7 cm³/mol. The maximum absolute atomic E-state index is 5.51. The van der Waals surface area contributed by atoms with Crippen LogP contribution in [0.4, 0.5) is 0 Å². The summed E-state index contributed by atoms with van der Waals surface area (Å²) < 4.78 is 5.51. The Kier molecular flexibility index (Phi) is 2.26. The molecular weight excluding hydrogens is 144 g/mol. The van der Waals surface area contributed by atoms with Gasteiger partial charge in [0.15, 0.2) is 9.28 Å². The second kappa shape index (κ2) is 2.81. The van der Waals surface area contributed by atoms with Gasteiger partial charge in [0.1, 0.15) is 0 Å². The minimum Gasteiger partial charge on any atom is -0.427 e. The maximum atomic E-state index is 5.51. The third kappa shape index (κ3) is 1.77. The maximum Gasteiger partial charge on any atom is 0.155 e. The van der Waals surface area contributed by atoms with E-state index in [9.17, 15) is 0 Å². The zero-order valence-electron chi connectivity index (χ0n) is 6.02. The van der Waals surface area contributed by atoms with Crippen molar-refractivity contribution in [3.8, 4) is 0 Å². The lowest BCUT2D eigenvalue weighted by Gasteiger charge is -2.26. The van der Waals surface area contributed by atoms with Crippen LogP contribution < -0.4 is 0 Å². The zero-order valence-corrected chi connectivity index (χ0v) is 8.44. The molecule has 0 radical (unpaired) electrons. The summed E-state index contributed by atoms with van der Waals surface area (Å²) in [5, 5.41) is 0. The van der Waals surface area contributed by atoms with Crippen LogP contribution in [-0.4, -0.2) is 23.5 Å². The van der Waals surface area contributed by atoms with Crippen LogP contribution in [-0.2, 0) is 4.43 Å². The fraction of sp³-hybridized carbons (Fsp3) is 0.667. The van der Waals surface area contributed by atoms with Crippen molar-refractivity contribution in [3.05, 3.63) is 12.3 Å². The molecule has 0 aromatic rings. The Morgan fingerprint density at radius 1 is 1.78 bits per heavy atom. The molecule has 3 heteroatoms. The summed E-state index contributed by atoms with van der Waals surface area (Å²) in [4.78, 5) is 0. The summed E-state index contributed by atoms with van der Waals surface area (Å²) in [6, 6.07) is 1.43. The van der Waals surface area contributed by atoms with Gasteiger partial charge in [0.25, 0.3) is 0 Å². The van der Waals surface area contributed by atoms with Crippen LogP contribution in [0.15, 0.2) is 12.3 Å². The second-order valence-electron chi connectivity index (χ2n) is 3.01. The molecular formula is C6H14OSi2. The molecule has 1 heterocycles. The molecule has 0 aromatic carbocycles. The van der Waals surface area contributed by atoms with E-state index in [0.29, 0.717) is 0 Å². The van der Waals surface area contributed by atoms with E-state index < -0.39 is 7.59 Å². The molecule has 0 N–H and O–H groups in total. The molecule has 0 saturated carbocycles. The third-order valence-corrected chi connectivity index (χ3v) is 10.1. The summed E-state index contributed by atoms with van der Waals surface area (Å²) in [5.41, 5.74) is 2.21. The Morgan fingerprint density at radius 2 is 2.56 bits per heavy atom. The number of hydrogen-bond acceptors (Lipinski definition) is 1. The van der Waals surface area contributed by atoms with Crippen molar-refractivity contribution < 1.29 is 4.43 Å². The monoisotopic (exact) mass is 158 g/mol. The van der Waals surface area contributed by atoms with E-state index in [2.05, 4.69) is 18.8 Å². The van der Waals surface area contributed by atoms with Gasteiger partial charge in [-0.3, -0.25) is 0 Å². The highest BCUT2D eigenvalue weighted by molar-refractivity contribution is 7.24. The van der Waals surface area contributed by atoms with Crippen molar-refractivity contribution in [2.24, 2.45) is 0 Å². The summed E-state index contributed by atoms with van der Waals surface area (Å²) in [6.07, 6.45) is 1.28. The molecule has 52 valence electrons. The Bertz CT molecular complexity index is 108. The molecule has 9 heavy (non-hydrogen) atoms. The van der Waals surface area contributed by atoms with E-state index in [0.717, 1.165) is 6.61 Å². The lowest BCUT2D eigenvalue weighted by molar-refractivity contribution is 0.334. The first-order chi connectivity index (χ1) is 4.27. The molecule has 0 bridgehead atoms. The normalized spacial score (nSPS) is 38.8. The Balaban J connectivity index is 2.46. The van der Waals surface area contributed by atoms with Gasteiger partial charge >= 0.3 is 0 Å². The average molecular weight is 158 g/mol. The van der Waals surface area contributed by atoms with Gasteiger partial charge in [0.05, 0.1) is 7.59 Å². The van der Waals surface area contributed by atoms with E-state index in [1.165, 1.54) is 12.5 Å². The highest BCUT2D eigenvalue weighted by Crippen LogP contribution is 2.16. The first-order valence-electron chi connectivity index (χ1n) is 3.48. The van der Waals surface area contributed by atoms with Gasteiger partial charge in [-0.2, -0.15) is 0 Å². The molecule has 1 fully saturated rings. The predicted octanol–water partition coefficient (Wildman–Crippen LogP) is 0.791. The molecule has 1 rings (SSSR count). The molecule has 0 aromatic heterocycles. The van der Waals surface area contributed by atoms with Crippen molar-refractivity contribution >= 4 is 16.9 Å². The molecule has 1 nitrogen and oxygen atoms in total. The summed E-state index contributed by atoms with van der Waals surface area (Å²) in [5.74, 6) is 0. The van der Waals surface area contributed by atoms with Crippen LogP contribution in [0.2, 0.25) is 12.6 Å². The summed E-state index contributed by atoms with van der Waals surface area (Å²) in [7, 11) is -1.08. The van der Waals surface area contributed by atoms with Gasteiger partial charge in [-0.25, -0.2) is 0 Å². The first-order valence-corrected chi connectivity index (χ1v) is 9.17. The Hall–Kier alpha value is 0.134. The van der Waals surface area contributed by atoms with Gasteiger partial charge in [0.2, 0.25) is 0 Å². The second-order valence-corrected chi connectivity index (χ2v) is 13.6. The lowest BCUT2D eigenvalue weighted by Crippen LogP contribution is -2.41. The minimum absolute atomic E-state index is 0.153. The summed E-state index contributed by atoms with van der Waals surface area (Å²) in [6.45, 7) is 7.30. The molecule has 1 unspecified atom stereocenters. The third-order valence-electron chi connectivity index (χ3n) is 1.96. The topological polar surface area (TPSA) is 9.23 Å². The standard InChI is InChI=1S/C6H14OSi2/c1-3-9(2)6-4-5-7-8-9/h3H,1,4-6,8H2,2H3. The highest BCUT2D eigenvalue weighted by Gasteiger charge is 2.26. The molecule has 1 aliphatic heterocycles. The summed E-state index contributed by atoms with van der Waals surface area (Å²) >= 11 is 0. The van der Waals surface area contributed by atoms with E-state index in [4.69, 9.17) is 4.43 Å². The van der Waals surface area contributed by atoms with E-state index in [-0.39, 0.29) is 9.28 Å². The fourth-order valence-electron chi connectivity index (χ4n) is 1.12. The average Bonchev–Trinajstić information content (AvgIpc) is 1.90. The van der Waals surface area contributed by atoms with Crippen LogP contribution in [0.1, 0.15) is 6.42 Å². The van der Waals surface area contributed by atoms with Crippen LogP contribution in [0.5, 0.6) is 0 Å². The van der Waals surface area contributed by atoms with E-state index in [1.54, 1.807) is 0 Å². The van der Waals surface area contributed by atoms with Crippen LogP contribution in [0.3, 0.4) is 0 Å². The Morgan fingerprint density at radius 3 is 2.89 bits per heavy atom. The minimum atomic E-state index is -0.930. The van der Waals surface area contributed by atoms with Gasteiger partial charge in [-0.15, -0.1) is 12.3 Å². The SMILES string of the molecule is C=C[Si]1(C)CCCO[SiH2]1. The van der Waals surface area contributed by atoms with Crippen molar-refractivity contribution in [3.63, 3.8) is 0 Å². The Labute approximate surface area is 59.8 Å². The van der Waals surface area contributed by atoms with Crippen LogP contribution in [0, 0.1) is 0 Å². The van der Waals surface area contributed by atoms with Crippen LogP contribution >= 0.6 is 0 Å². The molecule has 0 aliphatic carbocycles. The molecule has 1 atom stereocenters. The smallest absolute Gasteiger partial charge is 0.155 e. The lowest BCUT2D eigenvalue weighted by atomic mass is 10.5.